The predicted molar refractivity (Wildman–Crippen MR) is 118 cm³/mol. The molecule has 2 amide bonds. The molecule has 2 aromatic heterocycles. The van der Waals surface area contributed by atoms with Gasteiger partial charge >= 0.3 is 0 Å². The Morgan fingerprint density at radius 2 is 2.06 bits per heavy atom. The second kappa shape index (κ2) is 8.97. The number of aryl methyl sites for hydroxylation is 1. The number of amides is 2. The number of carbonyl (C=O) groups excluding carboxylic acids is 2. The molecule has 3 aromatic rings. The Bertz CT molecular complexity index is 1090. The zero-order chi connectivity index (χ0) is 22.0. The van der Waals surface area contributed by atoms with Gasteiger partial charge in [-0.1, -0.05) is 42.5 Å². The average Bonchev–Trinajstić information content (AvgIpc) is 3.43. The van der Waals surface area contributed by atoms with Crippen LogP contribution in [0.3, 0.4) is 0 Å². The van der Waals surface area contributed by atoms with Crippen molar-refractivity contribution in [3.8, 4) is 10.6 Å². The number of hydrogen-bond donors (Lipinski definition) is 1. The number of benzene rings is 1. The van der Waals surface area contributed by atoms with Crippen molar-refractivity contribution in [2.24, 2.45) is 0 Å². The topological polar surface area (TPSA) is 101 Å². The summed E-state index contributed by atoms with van der Waals surface area (Å²) in [6, 6.07) is 8.62. The summed E-state index contributed by atoms with van der Waals surface area (Å²) in [7, 11) is 0. The molecule has 1 atom stereocenters. The summed E-state index contributed by atoms with van der Waals surface area (Å²) in [6.45, 7) is 6.39. The first kappa shape index (κ1) is 21.2. The van der Waals surface area contributed by atoms with Crippen LogP contribution in [-0.4, -0.2) is 44.7 Å². The quantitative estimate of drug-likeness (QED) is 0.637. The van der Waals surface area contributed by atoms with E-state index in [1.807, 2.05) is 45.0 Å². The number of hydrogen-bond acceptors (Lipinski definition) is 7. The molecule has 8 nitrogen and oxygen atoms in total. The third-order valence-corrected chi connectivity index (χ3v) is 6.19. The van der Waals surface area contributed by atoms with Gasteiger partial charge in [0.25, 0.3) is 5.91 Å². The number of aromatic nitrogens is 3. The molecule has 1 aliphatic heterocycles. The van der Waals surface area contributed by atoms with Crippen molar-refractivity contribution in [1.82, 2.24) is 20.3 Å². The minimum absolute atomic E-state index is 0.162. The van der Waals surface area contributed by atoms with Crippen LogP contribution in [0.15, 0.2) is 34.9 Å². The number of piperidine rings is 1. The largest absolute Gasteiger partial charge is 0.351 e. The van der Waals surface area contributed by atoms with E-state index in [1.54, 1.807) is 11.0 Å². The minimum atomic E-state index is -0.554. The van der Waals surface area contributed by atoms with Crippen molar-refractivity contribution in [3.05, 3.63) is 46.8 Å². The molecule has 9 heteroatoms. The molecule has 0 unspecified atom stereocenters. The van der Waals surface area contributed by atoms with Gasteiger partial charge in [-0.15, -0.1) is 10.2 Å². The second-order valence-electron chi connectivity index (χ2n) is 7.98. The van der Waals surface area contributed by atoms with Gasteiger partial charge in [0.2, 0.25) is 11.7 Å². The molecule has 0 spiro atoms. The normalized spacial score (nSPS) is 16.5. The maximum atomic E-state index is 13.1. The van der Waals surface area contributed by atoms with E-state index < -0.39 is 6.04 Å². The van der Waals surface area contributed by atoms with E-state index in [-0.39, 0.29) is 23.5 Å². The maximum Gasteiger partial charge on any atom is 0.293 e. The van der Waals surface area contributed by atoms with Crippen molar-refractivity contribution in [2.75, 3.05) is 11.9 Å². The lowest BCUT2D eigenvalue weighted by Gasteiger charge is -2.34. The molecule has 4 rings (SSSR count). The highest BCUT2D eigenvalue weighted by atomic mass is 32.1. The molecule has 162 valence electrons. The molecule has 0 bridgehead atoms. The first-order valence-corrected chi connectivity index (χ1v) is 11.2. The van der Waals surface area contributed by atoms with Crippen LogP contribution >= 0.6 is 11.3 Å². The molecule has 1 aromatic carbocycles. The van der Waals surface area contributed by atoms with Crippen molar-refractivity contribution >= 4 is 28.8 Å². The van der Waals surface area contributed by atoms with Crippen LogP contribution in [0.1, 0.15) is 60.3 Å². The van der Waals surface area contributed by atoms with E-state index in [2.05, 4.69) is 20.7 Å². The molecular formula is C22H25N5O3S. The first-order chi connectivity index (χ1) is 14.9. The van der Waals surface area contributed by atoms with Gasteiger partial charge in [-0.3, -0.25) is 9.59 Å². The molecule has 0 radical (unpaired) electrons. The van der Waals surface area contributed by atoms with Crippen LogP contribution in [0.5, 0.6) is 0 Å². The molecule has 0 saturated carbocycles. The fraction of sp³-hybridized carbons (Fsp3) is 0.409. The van der Waals surface area contributed by atoms with Crippen molar-refractivity contribution in [1.29, 1.82) is 0 Å². The number of anilines is 1. The van der Waals surface area contributed by atoms with Crippen LogP contribution in [0.4, 0.5) is 5.69 Å². The summed E-state index contributed by atoms with van der Waals surface area (Å²) >= 11 is 1.50. The number of carbonyl (C=O) groups is 2. The Hall–Kier alpha value is -3.07. The van der Waals surface area contributed by atoms with Gasteiger partial charge in [0, 0.05) is 23.9 Å². The molecule has 0 aliphatic carbocycles. The number of nitrogens with one attached hydrogen (secondary N) is 1. The fourth-order valence-corrected chi connectivity index (χ4v) is 4.31. The Balaban J connectivity index is 1.50. The maximum absolute atomic E-state index is 13.1. The van der Waals surface area contributed by atoms with Crippen molar-refractivity contribution in [3.63, 3.8) is 0 Å². The SMILES string of the molecule is Cc1nnc(-c2cccc(NC(=O)[C@H]3CCCCN3C(=O)c3cc(C(C)C)no3)c2)s1. The van der Waals surface area contributed by atoms with E-state index in [9.17, 15) is 9.59 Å². The van der Waals surface area contributed by atoms with Crippen molar-refractivity contribution in [2.45, 2.75) is 52.0 Å². The molecular weight excluding hydrogens is 414 g/mol. The molecule has 3 heterocycles. The monoisotopic (exact) mass is 439 g/mol. The Morgan fingerprint density at radius 3 is 2.77 bits per heavy atom. The van der Waals surface area contributed by atoms with Gasteiger partial charge in [-0.25, -0.2) is 0 Å². The standard InChI is InChI=1S/C22H25N5O3S/c1-13(2)17-12-19(30-26-17)22(29)27-10-5-4-9-18(27)20(28)23-16-8-6-7-15(11-16)21-25-24-14(3)31-21/h6-8,11-13,18H,4-5,9-10H2,1-3H3,(H,23,28)/t18-/m1/s1. The molecule has 1 N–H and O–H groups in total. The zero-order valence-electron chi connectivity index (χ0n) is 17.8. The van der Waals surface area contributed by atoms with E-state index in [1.165, 1.54) is 11.3 Å². The van der Waals surface area contributed by atoms with E-state index in [0.29, 0.717) is 18.7 Å². The summed E-state index contributed by atoms with van der Waals surface area (Å²) in [5.41, 5.74) is 2.28. The molecule has 1 saturated heterocycles. The highest BCUT2D eigenvalue weighted by molar-refractivity contribution is 7.14. The summed E-state index contributed by atoms with van der Waals surface area (Å²) in [5, 5.41) is 16.8. The smallest absolute Gasteiger partial charge is 0.293 e. The molecule has 1 aliphatic rings. The van der Waals surface area contributed by atoms with E-state index in [4.69, 9.17) is 4.52 Å². The van der Waals surface area contributed by atoms with Gasteiger partial charge in [0.1, 0.15) is 16.1 Å². The summed E-state index contributed by atoms with van der Waals surface area (Å²) in [4.78, 5) is 27.7. The van der Waals surface area contributed by atoms with Crippen LogP contribution in [-0.2, 0) is 4.79 Å². The van der Waals surface area contributed by atoms with E-state index in [0.717, 1.165) is 34.1 Å². The van der Waals surface area contributed by atoms with E-state index >= 15 is 0 Å². The number of nitrogens with zero attached hydrogens (tertiary/aromatic N) is 4. The summed E-state index contributed by atoms with van der Waals surface area (Å²) < 4.78 is 5.27. The lowest BCUT2D eigenvalue weighted by Crippen LogP contribution is -2.49. The molecule has 1 fully saturated rings. The Labute approximate surface area is 184 Å². The Morgan fingerprint density at radius 1 is 1.23 bits per heavy atom. The first-order valence-electron chi connectivity index (χ1n) is 10.4. The lowest BCUT2D eigenvalue weighted by molar-refractivity contribution is -0.121. The van der Waals surface area contributed by atoms with Crippen molar-refractivity contribution < 1.29 is 14.1 Å². The van der Waals surface area contributed by atoms with Crippen LogP contribution in [0, 0.1) is 6.92 Å². The Kier molecular flexibility index (Phi) is 6.13. The van der Waals surface area contributed by atoms with Gasteiger partial charge < -0.3 is 14.7 Å². The van der Waals surface area contributed by atoms with Crippen LogP contribution < -0.4 is 5.32 Å². The van der Waals surface area contributed by atoms with Gasteiger partial charge in [-0.2, -0.15) is 0 Å². The average molecular weight is 440 g/mol. The lowest BCUT2D eigenvalue weighted by atomic mass is 10.0. The summed E-state index contributed by atoms with van der Waals surface area (Å²) in [5.74, 6) is -0.161. The van der Waals surface area contributed by atoms with Gasteiger partial charge in [0.15, 0.2) is 0 Å². The third-order valence-electron chi connectivity index (χ3n) is 5.30. The predicted octanol–water partition coefficient (Wildman–Crippen LogP) is 4.26. The van der Waals surface area contributed by atoms with Gasteiger partial charge in [-0.05, 0) is 44.2 Å². The minimum Gasteiger partial charge on any atom is -0.351 e. The summed E-state index contributed by atoms with van der Waals surface area (Å²) in [6.07, 6.45) is 2.35. The van der Waals surface area contributed by atoms with Crippen LogP contribution in [0.25, 0.3) is 10.6 Å². The number of likely N-dealkylation sites (tertiary alicyclic amines) is 1. The number of rotatable bonds is 5. The van der Waals surface area contributed by atoms with Gasteiger partial charge in [0.05, 0.1) is 5.69 Å². The third kappa shape index (κ3) is 4.66. The zero-order valence-corrected chi connectivity index (χ0v) is 18.6. The highest BCUT2D eigenvalue weighted by Gasteiger charge is 2.34. The molecule has 31 heavy (non-hydrogen) atoms. The van der Waals surface area contributed by atoms with Crippen LogP contribution in [0.2, 0.25) is 0 Å². The fourth-order valence-electron chi connectivity index (χ4n) is 3.62. The second-order valence-corrected chi connectivity index (χ2v) is 9.16. The highest BCUT2D eigenvalue weighted by Crippen LogP contribution is 2.27.